The fourth-order valence-electron chi connectivity index (χ4n) is 4.09. The second-order valence-corrected chi connectivity index (χ2v) is 9.44. The zero-order valence-electron chi connectivity index (χ0n) is 20.7. The van der Waals surface area contributed by atoms with Crippen LogP contribution in [0, 0.1) is 0 Å². The van der Waals surface area contributed by atoms with Crippen molar-refractivity contribution in [1.29, 1.82) is 0 Å². The zero-order valence-corrected chi connectivity index (χ0v) is 22.2. The number of nitrogens with one attached hydrogen (secondary N) is 2. The average molecular weight is 549 g/mol. The van der Waals surface area contributed by atoms with E-state index in [2.05, 4.69) is 40.4 Å². The van der Waals surface area contributed by atoms with E-state index >= 15 is 0 Å². The zero-order chi connectivity index (χ0) is 26.5. The van der Waals surface area contributed by atoms with Crippen LogP contribution < -0.4 is 20.4 Å². The van der Waals surface area contributed by atoms with Gasteiger partial charge in [0.2, 0.25) is 11.9 Å². The number of piperazine rings is 1. The minimum atomic E-state index is -0.232. The van der Waals surface area contributed by atoms with Gasteiger partial charge in [-0.15, -0.1) is 0 Å². The number of hydrogen-bond acceptors (Lipinski definition) is 8. The molecular formula is C27H26Cl2N8O. The van der Waals surface area contributed by atoms with Gasteiger partial charge in [-0.25, -0.2) is 4.98 Å². The Morgan fingerprint density at radius 1 is 0.895 bits per heavy atom. The lowest BCUT2D eigenvalue weighted by molar-refractivity contribution is 0.102. The van der Waals surface area contributed by atoms with Crippen molar-refractivity contribution in [1.82, 2.24) is 19.9 Å². The van der Waals surface area contributed by atoms with Crippen molar-refractivity contribution in [3.63, 3.8) is 0 Å². The van der Waals surface area contributed by atoms with E-state index in [9.17, 15) is 4.79 Å². The highest BCUT2D eigenvalue weighted by Gasteiger charge is 2.22. The highest BCUT2D eigenvalue weighted by atomic mass is 35.5. The summed E-state index contributed by atoms with van der Waals surface area (Å²) in [7, 11) is 0. The SMILES string of the molecule is CCc1nc(Nc2ccc(C(=O)Nc3ccccc3)cn2)nc(N2CCN(c3cccc(Cl)c3Cl)CC2)n1. The summed E-state index contributed by atoms with van der Waals surface area (Å²) in [4.78, 5) is 35.0. The summed E-state index contributed by atoms with van der Waals surface area (Å²) in [6.07, 6.45) is 2.18. The summed E-state index contributed by atoms with van der Waals surface area (Å²) < 4.78 is 0. The number of pyridine rings is 1. The van der Waals surface area contributed by atoms with Gasteiger partial charge in [0.1, 0.15) is 11.6 Å². The van der Waals surface area contributed by atoms with Crippen LogP contribution in [0.2, 0.25) is 10.0 Å². The van der Waals surface area contributed by atoms with Gasteiger partial charge in [0.25, 0.3) is 5.91 Å². The third kappa shape index (κ3) is 5.95. The monoisotopic (exact) mass is 548 g/mol. The van der Waals surface area contributed by atoms with Gasteiger partial charge in [-0.05, 0) is 36.4 Å². The molecular weight excluding hydrogens is 523 g/mol. The van der Waals surface area contributed by atoms with Gasteiger partial charge < -0.3 is 20.4 Å². The number of rotatable bonds is 7. The van der Waals surface area contributed by atoms with Crippen LogP contribution in [0.1, 0.15) is 23.1 Å². The molecule has 11 heteroatoms. The third-order valence-electron chi connectivity index (χ3n) is 6.12. The number of aromatic nitrogens is 4. The fraction of sp³-hybridized carbons (Fsp3) is 0.222. The number of carbonyl (C=O) groups is 1. The van der Waals surface area contributed by atoms with Crippen molar-refractivity contribution in [2.45, 2.75) is 13.3 Å². The van der Waals surface area contributed by atoms with Crippen molar-refractivity contribution < 1.29 is 4.79 Å². The molecule has 3 heterocycles. The Morgan fingerprint density at radius 3 is 2.37 bits per heavy atom. The van der Waals surface area contributed by atoms with Gasteiger partial charge in [-0.2, -0.15) is 15.0 Å². The number of nitrogens with zero attached hydrogens (tertiary/aromatic N) is 6. The van der Waals surface area contributed by atoms with Gasteiger partial charge in [0, 0.05) is 44.5 Å². The average Bonchev–Trinajstić information content (AvgIpc) is 2.95. The van der Waals surface area contributed by atoms with Crippen LogP contribution in [0.5, 0.6) is 0 Å². The van der Waals surface area contributed by atoms with Crippen molar-refractivity contribution in [3.05, 3.63) is 88.3 Å². The number of halogens is 2. The molecule has 0 aliphatic carbocycles. The topological polar surface area (TPSA) is 99.2 Å². The van der Waals surface area contributed by atoms with Crippen LogP contribution >= 0.6 is 23.2 Å². The Hall–Kier alpha value is -3.95. The maximum absolute atomic E-state index is 12.5. The molecule has 0 bridgehead atoms. The van der Waals surface area contributed by atoms with Gasteiger partial charge in [-0.3, -0.25) is 4.79 Å². The molecule has 1 fully saturated rings. The molecule has 9 nitrogen and oxygen atoms in total. The van der Waals surface area contributed by atoms with Crippen LogP contribution in [0.3, 0.4) is 0 Å². The van der Waals surface area contributed by atoms with E-state index in [0.717, 1.165) is 37.6 Å². The van der Waals surface area contributed by atoms with Crippen LogP contribution in [-0.2, 0) is 6.42 Å². The van der Waals surface area contributed by atoms with E-state index in [4.69, 9.17) is 23.2 Å². The summed E-state index contributed by atoms with van der Waals surface area (Å²) in [6, 6.07) is 18.4. The first kappa shape index (κ1) is 25.7. The number of aryl methyl sites for hydroxylation is 1. The highest BCUT2D eigenvalue weighted by Crippen LogP contribution is 2.33. The normalized spacial score (nSPS) is 13.3. The van der Waals surface area contributed by atoms with Crippen LogP contribution in [-0.4, -0.2) is 52.0 Å². The van der Waals surface area contributed by atoms with Crippen molar-refractivity contribution in [3.8, 4) is 0 Å². The van der Waals surface area contributed by atoms with Crippen LogP contribution in [0.25, 0.3) is 0 Å². The van der Waals surface area contributed by atoms with Crippen LogP contribution in [0.15, 0.2) is 66.9 Å². The van der Waals surface area contributed by atoms with Crippen molar-refractivity contribution in [2.75, 3.05) is 46.6 Å². The van der Waals surface area contributed by atoms with Gasteiger partial charge in [-0.1, -0.05) is 54.4 Å². The predicted molar refractivity (Wildman–Crippen MR) is 152 cm³/mol. The molecule has 0 atom stereocenters. The molecule has 1 aliphatic rings. The predicted octanol–water partition coefficient (Wildman–Crippen LogP) is 5.46. The Bertz CT molecular complexity index is 1410. The molecule has 2 aromatic heterocycles. The smallest absolute Gasteiger partial charge is 0.257 e. The first-order valence-corrected chi connectivity index (χ1v) is 13.0. The lowest BCUT2D eigenvalue weighted by Crippen LogP contribution is -2.47. The Labute approximate surface area is 230 Å². The van der Waals surface area contributed by atoms with E-state index in [1.807, 2.05) is 49.4 Å². The molecule has 0 unspecified atom stereocenters. The summed E-state index contributed by atoms with van der Waals surface area (Å²) in [6.45, 7) is 4.95. The van der Waals surface area contributed by atoms with E-state index in [0.29, 0.717) is 45.6 Å². The van der Waals surface area contributed by atoms with E-state index < -0.39 is 0 Å². The van der Waals surface area contributed by atoms with E-state index in [1.165, 1.54) is 6.20 Å². The second-order valence-electron chi connectivity index (χ2n) is 8.65. The number of carbonyl (C=O) groups excluding carboxylic acids is 1. The van der Waals surface area contributed by atoms with Gasteiger partial charge >= 0.3 is 0 Å². The second kappa shape index (κ2) is 11.6. The van der Waals surface area contributed by atoms with Crippen LogP contribution in [0.4, 0.5) is 29.1 Å². The molecule has 0 spiro atoms. The summed E-state index contributed by atoms with van der Waals surface area (Å²) in [5, 5.41) is 7.11. The Balaban J connectivity index is 1.26. The molecule has 194 valence electrons. The first-order valence-electron chi connectivity index (χ1n) is 12.3. The maximum Gasteiger partial charge on any atom is 0.257 e. The van der Waals surface area contributed by atoms with Gasteiger partial charge in [0.15, 0.2) is 0 Å². The molecule has 0 saturated carbocycles. The van der Waals surface area contributed by atoms with E-state index in [-0.39, 0.29) is 5.91 Å². The number of benzene rings is 2. The summed E-state index contributed by atoms with van der Waals surface area (Å²) >= 11 is 12.6. The van der Waals surface area contributed by atoms with Crippen molar-refractivity contribution >= 4 is 58.2 Å². The fourth-order valence-corrected chi connectivity index (χ4v) is 4.50. The minimum Gasteiger partial charge on any atom is -0.367 e. The highest BCUT2D eigenvalue weighted by molar-refractivity contribution is 6.43. The molecule has 1 aliphatic heterocycles. The number of amides is 1. The number of anilines is 5. The molecule has 4 aromatic rings. The minimum absolute atomic E-state index is 0.232. The molecule has 2 N–H and O–H groups in total. The lowest BCUT2D eigenvalue weighted by atomic mass is 10.2. The standard InChI is InChI=1S/C27H26Cl2N8O/c1-2-22-32-26(33-23-12-11-18(17-30-23)25(38)31-19-7-4-3-5-8-19)35-27(34-22)37-15-13-36(14-16-37)21-10-6-9-20(28)24(21)29/h3-12,17H,2,13-16H2,1H3,(H,31,38)(H,30,32,33,34,35). The quantitative estimate of drug-likeness (QED) is 0.314. The Morgan fingerprint density at radius 2 is 1.66 bits per heavy atom. The largest absolute Gasteiger partial charge is 0.367 e. The third-order valence-corrected chi connectivity index (χ3v) is 6.93. The lowest BCUT2D eigenvalue weighted by Gasteiger charge is -2.36. The molecule has 0 radical (unpaired) electrons. The summed E-state index contributed by atoms with van der Waals surface area (Å²) in [5.41, 5.74) is 2.10. The Kier molecular flexibility index (Phi) is 7.86. The molecule has 5 rings (SSSR count). The number of para-hydroxylation sites is 1. The maximum atomic E-state index is 12.5. The number of hydrogen-bond donors (Lipinski definition) is 2. The molecule has 1 amide bonds. The molecule has 2 aromatic carbocycles. The first-order chi connectivity index (χ1) is 18.5. The van der Waals surface area contributed by atoms with Crippen molar-refractivity contribution in [2.24, 2.45) is 0 Å². The molecule has 38 heavy (non-hydrogen) atoms. The summed E-state index contributed by atoms with van der Waals surface area (Å²) in [5.74, 6) is 1.98. The van der Waals surface area contributed by atoms with E-state index in [1.54, 1.807) is 18.2 Å². The molecule has 1 saturated heterocycles. The van der Waals surface area contributed by atoms with Gasteiger partial charge in [0.05, 0.1) is 21.3 Å².